The van der Waals surface area contributed by atoms with E-state index in [2.05, 4.69) is 42.3 Å². The molecule has 4 aliphatic heterocycles. The Balaban J connectivity index is 0.809. The monoisotopic (exact) mass is 735 g/mol. The number of rotatable bonds is 10. The molecule has 1 aromatic heterocycles. The topological polar surface area (TPSA) is 131 Å². The van der Waals surface area contributed by atoms with Gasteiger partial charge in [0, 0.05) is 89.4 Å². The molecule has 2 aromatic carbocycles. The van der Waals surface area contributed by atoms with Crippen molar-refractivity contribution in [1.29, 1.82) is 0 Å². The van der Waals surface area contributed by atoms with Gasteiger partial charge in [-0.25, -0.2) is 0 Å². The van der Waals surface area contributed by atoms with E-state index in [1.54, 1.807) is 18.3 Å². The summed E-state index contributed by atoms with van der Waals surface area (Å²) in [6, 6.07) is 17.7. The summed E-state index contributed by atoms with van der Waals surface area (Å²) >= 11 is 0. The van der Waals surface area contributed by atoms with Crippen molar-refractivity contribution in [3.8, 4) is 17.0 Å². The summed E-state index contributed by atoms with van der Waals surface area (Å²) in [6.07, 6.45) is 10.5. The number of benzene rings is 2. The molecule has 12 nitrogen and oxygen atoms in total. The molecule has 3 aromatic rings. The van der Waals surface area contributed by atoms with Crippen LogP contribution in [0.2, 0.25) is 0 Å². The van der Waals surface area contributed by atoms with E-state index in [1.165, 1.54) is 5.69 Å². The highest BCUT2D eigenvalue weighted by atomic mass is 16.5. The molecule has 5 fully saturated rings. The Hall–Kier alpha value is -4.55. The van der Waals surface area contributed by atoms with Gasteiger partial charge in [0.25, 0.3) is 5.91 Å². The number of para-hydroxylation sites is 1. The van der Waals surface area contributed by atoms with E-state index >= 15 is 0 Å². The number of ether oxygens (including phenoxy) is 1. The van der Waals surface area contributed by atoms with Gasteiger partial charge in [-0.3, -0.25) is 19.7 Å². The largest absolute Gasteiger partial charge is 0.507 e. The van der Waals surface area contributed by atoms with Crippen molar-refractivity contribution in [3.05, 3.63) is 66.4 Å². The number of nitrogens with one attached hydrogen (secondary N) is 1. The Morgan fingerprint density at radius 1 is 0.889 bits per heavy atom. The minimum atomic E-state index is -0.802. The minimum absolute atomic E-state index is 0.132. The van der Waals surface area contributed by atoms with E-state index in [-0.39, 0.29) is 41.5 Å². The molecule has 0 spiro atoms. The first-order valence-corrected chi connectivity index (χ1v) is 20.0. The summed E-state index contributed by atoms with van der Waals surface area (Å²) in [5.41, 5.74) is 3.58. The zero-order valence-corrected chi connectivity index (χ0v) is 31.4. The van der Waals surface area contributed by atoms with Crippen molar-refractivity contribution in [3.63, 3.8) is 0 Å². The number of hydrogen-bond acceptors (Lipinski definition) is 10. The number of hydrogen-bond donors (Lipinski definition) is 2. The third kappa shape index (κ3) is 7.95. The molecule has 1 aliphatic carbocycles. The first kappa shape index (κ1) is 36.4. The highest BCUT2D eigenvalue weighted by molar-refractivity contribution is 6.01. The van der Waals surface area contributed by atoms with Gasteiger partial charge in [-0.1, -0.05) is 24.3 Å². The molecule has 5 heterocycles. The predicted molar refractivity (Wildman–Crippen MR) is 206 cm³/mol. The number of piperidine rings is 4. The molecule has 0 bridgehead atoms. The van der Waals surface area contributed by atoms with E-state index in [0.717, 1.165) is 82.5 Å². The minimum Gasteiger partial charge on any atom is -0.507 e. The molecular formula is C42H53N7O5. The molecule has 5 aliphatic rings. The number of amides is 3. The van der Waals surface area contributed by atoms with Crippen LogP contribution >= 0.6 is 0 Å². The van der Waals surface area contributed by atoms with Gasteiger partial charge in [0.2, 0.25) is 11.8 Å². The zero-order chi connectivity index (χ0) is 37.2. The Kier molecular flexibility index (Phi) is 10.6. The fourth-order valence-corrected chi connectivity index (χ4v) is 9.01. The molecule has 1 unspecified atom stereocenters. The zero-order valence-electron chi connectivity index (χ0n) is 31.4. The van der Waals surface area contributed by atoms with Gasteiger partial charge in [0.1, 0.15) is 5.75 Å². The summed E-state index contributed by atoms with van der Waals surface area (Å²) < 4.78 is 6.64. The van der Waals surface area contributed by atoms with Gasteiger partial charge in [-0.15, -0.1) is 0 Å². The van der Waals surface area contributed by atoms with Crippen molar-refractivity contribution in [2.24, 2.45) is 5.92 Å². The predicted octanol–water partition coefficient (Wildman–Crippen LogP) is 4.73. The standard InChI is InChI=1S/C42H53N7O5/c1-46(41(53)42(54-34-10-11-34)18-24-49(25-19-42)33-26-37(45-43-27-33)36-4-2-3-5-38(36)50)31-16-20-47(21-17-31)28-29-14-22-48(23-15-29)32-8-6-30(7-9-32)35-12-13-39(51)44-40(35)52/h2-9,26-27,29,31,34-35,50H,10-25,28H2,1H3,(H,44,51,52). The van der Waals surface area contributed by atoms with Crippen molar-refractivity contribution in [2.45, 2.75) is 87.9 Å². The molecule has 3 amide bonds. The van der Waals surface area contributed by atoms with Crippen LogP contribution in [0.4, 0.5) is 11.4 Å². The second-order valence-electron chi connectivity index (χ2n) is 16.1. The van der Waals surface area contributed by atoms with Gasteiger partial charge in [0.05, 0.1) is 29.6 Å². The lowest BCUT2D eigenvalue weighted by Crippen LogP contribution is -2.59. The number of phenols is 1. The third-order valence-electron chi connectivity index (χ3n) is 12.5. The number of likely N-dealkylation sites (N-methyl/N-ethyl adjacent to an activating group) is 1. The van der Waals surface area contributed by atoms with Gasteiger partial charge < -0.3 is 29.4 Å². The fraction of sp³-hybridized carbons (Fsp3) is 0.548. The second kappa shape index (κ2) is 15.7. The maximum Gasteiger partial charge on any atom is 0.254 e. The highest BCUT2D eigenvalue weighted by Gasteiger charge is 2.49. The first-order valence-electron chi connectivity index (χ1n) is 20.0. The summed E-state index contributed by atoms with van der Waals surface area (Å²) in [5, 5.41) is 21.3. The number of aromatic nitrogens is 2. The van der Waals surface area contributed by atoms with Crippen LogP contribution in [-0.4, -0.2) is 113 Å². The normalized spacial score (nSPS) is 22.9. The van der Waals surface area contributed by atoms with Crippen molar-refractivity contribution < 1.29 is 24.2 Å². The highest BCUT2D eigenvalue weighted by Crippen LogP contribution is 2.39. The molecule has 54 heavy (non-hydrogen) atoms. The SMILES string of the molecule is CN(C(=O)C1(OC2CC2)CCN(c2cnnc(-c3ccccc3O)c2)CC1)C1CCN(CC2CCN(c3ccc(C4CCC(=O)NC4=O)cc3)CC2)CC1. The number of likely N-dealkylation sites (tertiary alicyclic amines) is 1. The van der Waals surface area contributed by atoms with Crippen LogP contribution in [0.3, 0.4) is 0 Å². The number of anilines is 2. The number of aromatic hydroxyl groups is 1. The Morgan fingerprint density at radius 3 is 2.28 bits per heavy atom. The molecule has 286 valence electrons. The van der Waals surface area contributed by atoms with Crippen LogP contribution < -0.4 is 15.1 Å². The van der Waals surface area contributed by atoms with Crippen LogP contribution in [-0.2, 0) is 19.1 Å². The average Bonchev–Trinajstić information content (AvgIpc) is 4.02. The van der Waals surface area contributed by atoms with Crippen LogP contribution in [0.15, 0.2) is 60.8 Å². The molecule has 0 radical (unpaired) electrons. The van der Waals surface area contributed by atoms with Crippen molar-refractivity contribution in [2.75, 3.05) is 62.7 Å². The number of nitrogens with zero attached hydrogens (tertiary/aromatic N) is 6. The molecule has 4 saturated heterocycles. The molecule has 1 saturated carbocycles. The van der Waals surface area contributed by atoms with Gasteiger partial charge in [0.15, 0.2) is 5.60 Å². The van der Waals surface area contributed by atoms with Crippen molar-refractivity contribution in [1.82, 2.24) is 25.3 Å². The number of carbonyl (C=O) groups excluding carboxylic acids is 3. The molecule has 2 N–H and O–H groups in total. The lowest BCUT2D eigenvalue weighted by Gasteiger charge is -2.46. The summed E-state index contributed by atoms with van der Waals surface area (Å²) in [6.45, 7) is 6.52. The summed E-state index contributed by atoms with van der Waals surface area (Å²) in [4.78, 5) is 47.5. The van der Waals surface area contributed by atoms with Gasteiger partial charge in [-0.05, 0) is 86.8 Å². The Labute approximate surface area is 317 Å². The maximum atomic E-state index is 14.4. The number of imide groups is 1. The van der Waals surface area contributed by atoms with Crippen LogP contribution in [0.1, 0.15) is 75.7 Å². The average molecular weight is 736 g/mol. The lowest BCUT2D eigenvalue weighted by atomic mass is 9.88. The summed E-state index contributed by atoms with van der Waals surface area (Å²) in [5.74, 6) is 0.350. The van der Waals surface area contributed by atoms with E-state index in [9.17, 15) is 19.5 Å². The van der Waals surface area contributed by atoms with Crippen LogP contribution in [0.25, 0.3) is 11.3 Å². The van der Waals surface area contributed by atoms with E-state index in [4.69, 9.17) is 4.74 Å². The lowest BCUT2D eigenvalue weighted by molar-refractivity contribution is -0.165. The molecular weight excluding hydrogens is 683 g/mol. The van der Waals surface area contributed by atoms with Crippen LogP contribution in [0.5, 0.6) is 5.75 Å². The maximum absolute atomic E-state index is 14.4. The number of carbonyl (C=O) groups is 3. The fourth-order valence-electron chi connectivity index (χ4n) is 9.01. The molecule has 1 atom stereocenters. The Bertz CT molecular complexity index is 1810. The Morgan fingerprint density at radius 2 is 1.59 bits per heavy atom. The smallest absolute Gasteiger partial charge is 0.254 e. The van der Waals surface area contributed by atoms with Gasteiger partial charge >= 0.3 is 0 Å². The quantitative estimate of drug-likeness (QED) is 0.282. The number of phenolic OH excluding ortho intramolecular Hbond substituents is 1. The van der Waals surface area contributed by atoms with E-state index < -0.39 is 5.60 Å². The summed E-state index contributed by atoms with van der Waals surface area (Å²) in [7, 11) is 1.99. The molecule has 8 rings (SSSR count). The van der Waals surface area contributed by atoms with E-state index in [0.29, 0.717) is 55.9 Å². The van der Waals surface area contributed by atoms with Gasteiger partial charge in [-0.2, -0.15) is 10.2 Å². The van der Waals surface area contributed by atoms with Crippen molar-refractivity contribution >= 4 is 29.1 Å². The second-order valence-corrected chi connectivity index (χ2v) is 16.1. The van der Waals surface area contributed by atoms with E-state index in [1.807, 2.05) is 42.3 Å². The third-order valence-corrected chi connectivity index (χ3v) is 12.5. The first-order chi connectivity index (χ1) is 26.2. The van der Waals surface area contributed by atoms with Crippen LogP contribution in [0, 0.1) is 5.92 Å². The molecule has 12 heteroatoms.